The van der Waals surface area contributed by atoms with Crippen LogP contribution < -0.4 is 0 Å². The van der Waals surface area contributed by atoms with Crippen molar-refractivity contribution in [1.82, 2.24) is 0 Å². The Morgan fingerprint density at radius 2 is 1.72 bits per heavy atom. The molecule has 4 heteroatoms. The second-order valence-corrected chi connectivity index (χ2v) is 4.76. The number of phenolic OH excluding ortho intramolecular Hbond substituents is 2. The van der Waals surface area contributed by atoms with E-state index in [0.717, 1.165) is 0 Å². The van der Waals surface area contributed by atoms with Crippen LogP contribution in [0.25, 0.3) is 0 Å². The van der Waals surface area contributed by atoms with Crippen LogP contribution in [-0.4, -0.2) is 21.8 Å². The highest BCUT2D eigenvalue weighted by Crippen LogP contribution is 2.40. The number of fused-ring (bicyclic) bond motifs is 1. The summed E-state index contributed by atoms with van der Waals surface area (Å²) in [5.41, 5.74) is 0.543. The van der Waals surface area contributed by atoms with Gasteiger partial charge in [0.1, 0.15) is 11.5 Å². The third-order valence-electron chi connectivity index (χ3n) is 3.11. The maximum atomic E-state index is 12.0. The summed E-state index contributed by atoms with van der Waals surface area (Å²) < 4.78 is 0. The smallest absolute Gasteiger partial charge is 0.193 e. The normalized spacial score (nSPS) is 14.8. The number of allylic oxidation sites excluding steroid dienone is 2. The van der Waals surface area contributed by atoms with Crippen LogP contribution in [0, 0.1) is 0 Å². The zero-order valence-electron chi connectivity index (χ0n) is 10.4. The molecule has 2 N–H and O–H groups in total. The molecule has 0 amide bonds. The molecule has 0 saturated carbocycles. The Morgan fingerprint density at radius 3 is 2.28 bits per heavy atom. The van der Waals surface area contributed by atoms with E-state index in [-0.39, 0.29) is 34.1 Å². The summed E-state index contributed by atoms with van der Waals surface area (Å²) in [6.07, 6.45) is 1.18. The molecule has 2 rings (SSSR count). The van der Waals surface area contributed by atoms with Crippen molar-refractivity contribution in [2.45, 2.75) is 26.7 Å². The van der Waals surface area contributed by atoms with E-state index < -0.39 is 11.6 Å². The number of hydrogen-bond acceptors (Lipinski definition) is 4. The van der Waals surface area contributed by atoms with E-state index in [2.05, 4.69) is 0 Å². The second-order valence-electron chi connectivity index (χ2n) is 4.76. The number of Topliss-reactive ketones (excluding diaryl/α,β-unsaturated/α-hetero) is 1. The lowest BCUT2D eigenvalue weighted by Gasteiger charge is -2.19. The molecule has 1 aromatic carbocycles. The fraction of sp³-hybridized carbons (Fsp3) is 0.286. The molecule has 4 nitrogen and oxygen atoms in total. The van der Waals surface area contributed by atoms with Gasteiger partial charge in [-0.3, -0.25) is 9.59 Å². The first kappa shape index (κ1) is 12.4. The highest BCUT2D eigenvalue weighted by atomic mass is 16.3. The second kappa shape index (κ2) is 3.98. The van der Waals surface area contributed by atoms with Crippen LogP contribution in [-0.2, 0) is 0 Å². The zero-order valence-corrected chi connectivity index (χ0v) is 10.4. The Hall–Kier alpha value is -2.10. The number of ketones is 2. The third-order valence-corrected chi connectivity index (χ3v) is 3.11. The predicted molar refractivity (Wildman–Crippen MR) is 66.3 cm³/mol. The number of phenols is 2. The van der Waals surface area contributed by atoms with Gasteiger partial charge >= 0.3 is 0 Å². The van der Waals surface area contributed by atoms with E-state index in [0.29, 0.717) is 5.56 Å². The minimum absolute atomic E-state index is 0.0599. The lowest BCUT2D eigenvalue weighted by atomic mass is 9.85. The average molecular weight is 246 g/mol. The molecule has 1 aromatic rings. The van der Waals surface area contributed by atoms with Crippen molar-refractivity contribution in [3.63, 3.8) is 0 Å². The third kappa shape index (κ3) is 1.61. The first-order valence-electron chi connectivity index (χ1n) is 5.70. The van der Waals surface area contributed by atoms with Gasteiger partial charge in [0.15, 0.2) is 11.6 Å². The van der Waals surface area contributed by atoms with Gasteiger partial charge in [0.05, 0.1) is 11.1 Å². The summed E-state index contributed by atoms with van der Waals surface area (Å²) in [6.45, 7) is 5.18. The van der Waals surface area contributed by atoms with Crippen molar-refractivity contribution >= 4 is 11.6 Å². The van der Waals surface area contributed by atoms with Crippen molar-refractivity contribution in [3.05, 3.63) is 34.4 Å². The number of carbonyl (C=O) groups excluding carboxylic acids is 2. The molecule has 0 radical (unpaired) electrons. The Bertz CT molecular complexity index is 594. The molecule has 0 saturated heterocycles. The van der Waals surface area contributed by atoms with Gasteiger partial charge in [-0.1, -0.05) is 13.8 Å². The van der Waals surface area contributed by atoms with Crippen molar-refractivity contribution in [2.75, 3.05) is 0 Å². The van der Waals surface area contributed by atoms with Gasteiger partial charge in [-0.05, 0) is 25.0 Å². The van der Waals surface area contributed by atoms with Gasteiger partial charge in [0.25, 0.3) is 0 Å². The Kier molecular flexibility index (Phi) is 2.73. The number of benzene rings is 1. The van der Waals surface area contributed by atoms with Gasteiger partial charge in [0, 0.05) is 11.1 Å². The maximum absolute atomic E-state index is 12.0. The van der Waals surface area contributed by atoms with Crippen LogP contribution >= 0.6 is 0 Å². The summed E-state index contributed by atoms with van der Waals surface area (Å²) >= 11 is 0. The molecular formula is C14H14O4. The fourth-order valence-corrected chi connectivity index (χ4v) is 2.12. The highest BCUT2D eigenvalue weighted by Gasteiger charge is 2.31. The Morgan fingerprint density at radius 1 is 1.11 bits per heavy atom. The SMILES string of the molecule is CC1=CC(=O)c2c(O)cc(C(C)C)c(O)c2C1=O. The van der Waals surface area contributed by atoms with Gasteiger partial charge in [0.2, 0.25) is 0 Å². The summed E-state index contributed by atoms with van der Waals surface area (Å²) in [5, 5.41) is 20.0. The maximum Gasteiger partial charge on any atom is 0.193 e. The molecule has 0 aliphatic heterocycles. The molecule has 0 spiro atoms. The lowest BCUT2D eigenvalue weighted by Crippen LogP contribution is -2.17. The Balaban J connectivity index is 2.83. The van der Waals surface area contributed by atoms with Crippen molar-refractivity contribution in [1.29, 1.82) is 0 Å². The number of aromatic hydroxyl groups is 2. The van der Waals surface area contributed by atoms with Crippen LogP contribution in [0.2, 0.25) is 0 Å². The molecule has 0 aromatic heterocycles. The van der Waals surface area contributed by atoms with Crippen molar-refractivity contribution < 1.29 is 19.8 Å². The van der Waals surface area contributed by atoms with Crippen LogP contribution in [0.4, 0.5) is 0 Å². The van der Waals surface area contributed by atoms with E-state index in [9.17, 15) is 19.8 Å². The van der Waals surface area contributed by atoms with Gasteiger partial charge < -0.3 is 10.2 Å². The summed E-state index contributed by atoms with van der Waals surface area (Å²) in [4.78, 5) is 23.8. The van der Waals surface area contributed by atoms with Gasteiger partial charge in [-0.15, -0.1) is 0 Å². The van der Waals surface area contributed by atoms with Crippen LogP contribution in [0.15, 0.2) is 17.7 Å². The van der Waals surface area contributed by atoms with E-state index in [1.807, 2.05) is 13.8 Å². The highest BCUT2D eigenvalue weighted by molar-refractivity contribution is 6.26. The van der Waals surface area contributed by atoms with Crippen LogP contribution in [0.3, 0.4) is 0 Å². The molecule has 0 fully saturated rings. The minimum atomic E-state index is -0.454. The molecule has 94 valence electrons. The van der Waals surface area contributed by atoms with E-state index >= 15 is 0 Å². The summed E-state index contributed by atoms with van der Waals surface area (Å²) in [6, 6.07) is 1.35. The number of hydrogen-bond donors (Lipinski definition) is 2. The standard InChI is InChI=1S/C14H14O4/c1-6(2)8-5-10(16)11-9(15)4-7(3)13(17)12(11)14(8)18/h4-6,16,18H,1-3H3. The fourth-order valence-electron chi connectivity index (χ4n) is 2.12. The molecule has 1 aliphatic rings. The average Bonchev–Trinajstić information content (AvgIpc) is 2.28. The molecule has 18 heavy (non-hydrogen) atoms. The molecule has 0 unspecified atom stereocenters. The van der Waals surface area contributed by atoms with E-state index in [1.165, 1.54) is 19.1 Å². The predicted octanol–water partition coefficient (Wildman–Crippen LogP) is 2.55. The molecule has 1 aliphatic carbocycles. The van der Waals surface area contributed by atoms with Crippen LogP contribution in [0.1, 0.15) is 53.0 Å². The Labute approximate surface area is 105 Å². The summed E-state index contributed by atoms with van der Waals surface area (Å²) in [7, 11) is 0. The monoisotopic (exact) mass is 246 g/mol. The molecule has 0 heterocycles. The van der Waals surface area contributed by atoms with Crippen molar-refractivity contribution in [2.24, 2.45) is 0 Å². The first-order chi connectivity index (χ1) is 8.34. The van der Waals surface area contributed by atoms with Crippen LogP contribution in [0.5, 0.6) is 11.5 Å². The first-order valence-corrected chi connectivity index (χ1v) is 5.70. The van der Waals surface area contributed by atoms with E-state index in [1.54, 1.807) is 0 Å². The molecule has 0 atom stereocenters. The van der Waals surface area contributed by atoms with E-state index in [4.69, 9.17) is 0 Å². The van der Waals surface area contributed by atoms with Gasteiger partial charge in [-0.2, -0.15) is 0 Å². The number of rotatable bonds is 1. The largest absolute Gasteiger partial charge is 0.507 e. The topological polar surface area (TPSA) is 74.6 Å². The number of carbonyl (C=O) groups is 2. The van der Waals surface area contributed by atoms with Crippen molar-refractivity contribution in [3.8, 4) is 11.5 Å². The zero-order chi connectivity index (χ0) is 13.6. The quantitative estimate of drug-likeness (QED) is 0.747. The summed E-state index contributed by atoms with van der Waals surface area (Å²) in [5.74, 6) is -1.39. The molecule has 0 bridgehead atoms. The lowest BCUT2D eigenvalue weighted by molar-refractivity contribution is 0.0979. The van der Waals surface area contributed by atoms with Gasteiger partial charge in [-0.25, -0.2) is 0 Å². The molecular weight excluding hydrogens is 232 g/mol. The minimum Gasteiger partial charge on any atom is -0.507 e.